The number of furan rings is 1. The van der Waals surface area contributed by atoms with Crippen LogP contribution >= 0.6 is 11.3 Å². The highest BCUT2D eigenvalue weighted by Gasteiger charge is 2.24. The highest BCUT2D eigenvalue weighted by Crippen LogP contribution is 2.44. The Morgan fingerprint density at radius 3 is 1.67 bits per heavy atom. The molecule has 0 aliphatic rings. The number of nitrogens with zero attached hydrogens (tertiary/aromatic N) is 5. The van der Waals surface area contributed by atoms with E-state index in [9.17, 15) is 0 Å². The smallest absolute Gasteiger partial charge is 0.238 e. The zero-order chi connectivity index (χ0) is 43.0. The summed E-state index contributed by atoms with van der Waals surface area (Å²) in [6, 6.07) is 71.4. The Labute approximate surface area is 379 Å². The van der Waals surface area contributed by atoms with Gasteiger partial charge in [0.2, 0.25) is 5.95 Å². The van der Waals surface area contributed by atoms with Crippen molar-refractivity contribution < 1.29 is 4.42 Å². The Morgan fingerprint density at radius 1 is 0.379 bits per heavy atom. The summed E-state index contributed by atoms with van der Waals surface area (Å²) in [4.78, 5) is 16.4. The second-order valence-electron chi connectivity index (χ2n) is 17.2. The third-order valence-electron chi connectivity index (χ3n) is 13.5. The molecule has 0 unspecified atom stereocenters. The number of hydrogen-bond acceptors (Lipinski definition) is 5. The first kappa shape index (κ1) is 35.8. The lowest BCUT2D eigenvalue weighted by Crippen LogP contribution is -2.07. The van der Waals surface area contributed by atoms with Crippen molar-refractivity contribution in [2.75, 3.05) is 0 Å². The second-order valence-corrected chi connectivity index (χ2v) is 18.2. The third-order valence-corrected chi connectivity index (χ3v) is 14.7. The molecular weight excluding hydrogens is 827 g/mol. The van der Waals surface area contributed by atoms with Crippen LogP contribution in [0.2, 0.25) is 0 Å². The molecule has 0 saturated heterocycles. The highest BCUT2D eigenvalue weighted by atomic mass is 32.1. The standard InChI is InChI=1S/C59H33N5OS/c1-3-16-36-30-50-45(28-34(36)14-1)41-20-7-9-24-47(41)63(50)51-31-38(33-53-55(51)46-29-35-15-2-4-17-37(35)32-52(46)65-53)57-60-58(44-23-13-22-43-42-21-8-12-27-54(42)66-56(43)44)62-59(61-57)64-48-25-10-5-18-39(48)40-19-6-11-26-49(40)64/h1-33H. The SMILES string of the molecule is c1ccc2cc3c(cc2c1)oc1cc(-c2nc(-c4cccc5c4sc4ccccc45)nc(-n4c5ccccc5c5ccccc54)n2)cc(-n2c4ccccc4c4cc5ccccc5cc42)c13. The van der Waals surface area contributed by atoms with Gasteiger partial charge < -0.3 is 8.98 Å². The minimum Gasteiger partial charge on any atom is -0.456 e. The quantitative estimate of drug-likeness (QED) is 0.177. The van der Waals surface area contributed by atoms with E-state index in [-0.39, 0.29) is 0 Å². The molecule has 0 N–H and O–H groups in total. The summed E-state index contributed by atoms with van der Waals surface area (Å²) in [7, 11) is 0. The number of aromatic nitrogens is 5. The van der Waals surface area contributed by atoms with Gasteiger partial charge in [0.1, 0.15) is 11.2 Å². The van der Waals surface area contributed by atoms with Crippen LogP contribution in [0.15, 0.2) is 205 Å². The van der Waals surface area contributed by atoms with Gasteiger partial charge in [0, 0.05) is 58.2 Å². The number of fused-ring (bicyclic) bond motifs is 14. The molecule has 5 aromatic heterocycles. The summed E-state index contributed by atoms with van der Waals surface area (Å²) < 4.78 is 14.0. The fraction of sp³-hybridized carbons (Fsp3) is 0. The summed E-state index contributed by atoms with van der Waals surface area (Å²) in [5, 5.41) is 13.8. The molecule has 6 nitrogen and oxygen atoms in total. The van der Waals surface area contributed by atoms with Crippen LogP contribution in [0.4, 0.5) is 0 Å². The number of benzene rings is 10. The minimum atomic E-state index is 0.548. The Hall–Kier alpha value is -8.65. The molecule has 15 rings (SSSR count). The van der Waals surface area contributed by atoms with E-state index in [2.05, 4.69) is 209 Å². The van der Waals surface area contributed by atoms with Gasteiger partial charge in [-0.15, -0.1) is 11.3 Å². The van der Waals surface area contributed by atoms with E-state index in [1.807, 2.05) is 0 Å². The molecular formula is C59H33N5OS. The van der Waals surface area contributed by atoms with Crippen LogP contribution in [0.3, 0.4) is 0 Å². The zero-order valence-corrected chi connectivity index (χ0v) is 35.9. The molecule has 0 aliphatic carbocycles. The molecule has 5 heterocycles. The lowest BCUT2D eigenvalue weighted by Gasteiger charge is -2.14. The molecule has 0 saturated carbocycles. The molecule has 306 valence electrons. The molecule has 0 spiro atoms. The fourth-order valence-corrected chi connectivity index (χ4v) is 11.8. The first-order chi connectivity index (χ1) is 32.7. The van der Waals surface area contributed by atoms with Crippen molar-refractivity contribution in [3.8, 4) is 34.4 Å². The van der Waals surface area contributed by atoms with Crippen LogP contribution in [0.1, 0.15) is 0 Å². The maximum absolute atomic E-state index is 6.99. The molecule has 0 aliphatic heterocycles. The number of hydrogen-bond donors (Lipinski definition) is 0. The molecule has 10 aromatic carbocycles. The van der Waals surface area contributed by atoms with E-state index in [0.29, 0.717) is 17.6 Å². The Kier molecular flexibility index (Phi) is 7.28. The molecule has 7 heteroatoms. The summed E-state index contributed by atoms with van der Waals surface area (Å²) >= 11 is 1.78. The maximum atomic E-state index is 6.99. The van der Waals surface area contributed by atoms with Crippen molar-refractivity contribution in [2.45, 2.75) is 0 Å². The number of para-hydroxylation sites is 3. The van der Waals surface area contributed by atoms with Crippen LogP contribution in [0.5, 0.6) is 0 Å². The summed E-state index contributed by atoms with van der Waals surface area (Å²) in [5.41, 5.74) is 8.63. The third kappa shape index (κ3) is 5.08. The predicted molar refractivity (Wildman–Crippen MR) is 275 cm³/mol. The van der Waals surface area contributed by atoms with Gasteiger partial charge in [-0.1, -0.05) is 133 Å². The van der Waals surface area contributed by atoms with Crippen LogP contribution in [0, 0.1) is 0 Å². The van der Waals surface area contributed by atoms with Gasteiger partial charge in [-0.25, -0.2) is 4.98 Å². The van der Waals surface area contributed by atoms with Crippen molar-refractivity contribution in [3.63, 3.8) is 0 Å². The van der Waals surface area contributed by atoms with Gasteiger partial charge >= 0.3 is 0 Å². The van der Waals surface area contributed by atoms with Crippen molar-refractivity contribution in [2.24, 2.45) is 0 Å². The highest BCUT2D eigenvalue weighted by molar-refractivity contribution is 7.26. The first-order valence-electron chi connectivity index (χ1n) is 22.2. The van der Waals surface area contributed by atoms with Crippen LogP contribution in [-0.4, -0.2) is 24.1 Å². The molecule has 0 amide bonds. The van der Waals surface area contributed by atoms with Gasteiger partial charge in [0.15, 0.2) is 11.6 Å². The van der Waals surface area contributed by atoms with Crippen molar-refractivity contribution in [1.29, 1.82) is 0 Å². The van der Waals surface area contributed by atoms with Gasteiger partial charge in [-0.3, -0.25) is 4.57 Å². The maximum Gasteiger partial charge on any atom is 0.238 e. The van der Waals surface area contributed by atoms with Crippen molar-refractivity contribution >= 4 is 119 Å². The molecule has 0 radical (unpaired) electrons. The molecule has 15 aromatic rings. The normalized spacial score (nSPS) is 12.2. The second kappa shape index (κ2) is 13.4. The van der Waals surface area contributed by atoms with Crippen LogP contribution in [0.25, 0.3) is 142 Å². The molecule has 0 atom stereocenters. The number of thiophene rings is 1. The fourth-order valence-electron chi connectivity index (χ4n) is 10.6. The largest absolute Gasteiger partial charge is 0.456 e. The van der Waals surface area contributed by atoms with E-state index in [4.69, 9.17) is 19.4 Å². The zero-order valence-electron chi connectivity index (χ0n) is 35.1. The predicted octanol–water partition coefficient (Wildman–Crippen LogP) is 16.0. The first-order valence-corrected chi connectivity index (χ1v) is 23.0. The lowest BCUT2D eigenvalue weighted by atomic mass is 10.0. The Bertz CT molecular complexity index is 4500. The Morgan fingerprint density at radius 2 is 0.939 bits per heavy atom. The van der Waals surface area contributed by atoms with E-state index < -0.39 is 0 Å². The summed E-state index contributed by atoms with van der Waals surface area (Å²) in [6.45, 7) is 0. The summed E-state index contributed by atoms with van der Waals surface area (Å²) in [6.07, 6.45) is 0. The van der Waals surface area contributed by atoms with Crippen molar-refractivity contribution in [1.82, 2.24) is 24.1 Å². The number of rotatable bonds is 4. The molecule has 0 fully saturated rings. The topological polar surface area (TPSA) is 61.7 Å². The van der Waals surface area contributed by atoms with Crippen LogP contribution in [-0.2, 0) is 0 Å². The average Bonchev–Trinajstić information content (AvgIpc) is 4.12. The van der Waals surface area contributed by atoms with Gasteiger partial charge in [-0.2, -0.15) is 9.97 Å². The lowest BCUT2D eigenvalue weighted by molar-refractivity contribution is 0.669. The average molecular weight is 860 g/mol. The van der Waals surface area contributed by atoms with E-state index in [0.717, 1.165) is 87.1 Å². The summed E-state index contributed by atoms with van der Waals surface area (Å²) in [5.74, 6) is 1.70. The van der Waals surface area contributed by atoms with Crippen molar-refractivity contribution in [3.05, 3.63) is 200 Å². The monoisotopic (exact) mass is 859 g/mol. The van der Waals surface area contributed by atoms with Gasteiger partial charge in [0.25, 0.3) is 0 Å². The van der Waals surface area contributed by atoms with E-state index in [1.54, 1.807) is 11.3 Å². The van der Waals surface area contributed by atoms with Gasteiger partial charge in [-0.05, 0) is 88.3 Å². The molecule has 66 heavy (non-hydrogen) atoms. The van der Waals surface area contributed by atoms with Crippen LogP contribution < -0.4 is 0 Å². The van der Waals surface area contributed by atoms with Gasteiger partial charge in [0.05, 0.1) is 33.1 Å². The van der Waals surface area contributed by atoms with E-state index >= 15 is 0 Å². The minimum absolute atomic E-state index is 0.548. The van der Waals surface area contributed by atoms with E-state index in [1.165, 1.54) is 37.0 Å². The Balaban J connectivity index is 1.08. The molecule has 0 bridgehead atoms.